The zero-order valence-electron chi connectivity index (χ0n) is 10.5. The predicted molar refractivity (Wildman–Crippen MR) is 62.9 cm³/mol. The number of rotatable bonds is 4. The quantitative estimate of drug-likeness (QED) is 0.778. The summed E-state index contributed by atoms with van der Waals surface area (Å²) in [5.41, 5.74) is 0. The molecule has 0 bridgehead atoms. The van der Waals surface area contributed by atoms with Crippen LogP contribution in [0.2, 0.25) is 0 Å². The standard InChI is InChI=1S/C11H18N4O3/c1-7(2)15-10(12-6-13-15)5-14-4-8(16)3-9(14)11(17)18/h6-9,16H,3-5H2,1-2H3,(H,17,18). The van der Waals surface area contributed by atoms with Crippen molar-refractivity contribution in [2.45, 2.75) is 45.0 Å². The predicted octanol–water partition coefficient (Wildman–Crippen LogP) is -0.121. The molecule has 0 radical (unpaired) electrons. The number of aliphatic carboxylic acids is 1. The van der Waals surface area contributed by atoms with E-state index in [2.05, 4.69) is 10.1 Å². The van der Waals surface area contributed by atoms with Gasteiger partial charge >= 0.3 is 5.97 Å². The van der Waals surface area contributed by atoms with E-state index >= 15 is 0 Å². The molecule has 1 aromatic rings. The van der Waals surface area contributed by atoms with Gasteiger partial charge < -0.3 is 10.2 Å². The highest BCUT2D eigenvalue weighted by Crippen LogP contribution is 2.20. The molecule has 2 unspecified atom stereocenters. The minimum Gasteiger partial charge on any atom is -0.480 e. The van der Waals surface area contributed by atoms with Crippen molar-refractivity contribution in [3.8, 4) is 0 Å². The van der Waals surface area contributed by atoms with E-state index < -0.39 is 18.1 Å². The first-order valence-corrected chi connectivity index (χ1v) is 6.02. The minimum absolute atomic E-state index is 0.179. The third-order valence-corrected chi connectivity index (χ3v) is 3.15. The molecule has 2 rings (SSSR count). The molecule has 0 amide bonds. The molecule has 100 valence electrons. The highest BCUT2D eigenvalue weighted by molar-refractivity contribution is 5.74. The number of hydrogen-bond acceptors (Lipinski definition) is 5. The number of carboxylic acid groups (broad SMARTS) is 1. The summed E-state index contributed by atoms with van der Waals surface area (Å²) in [6.07, 6.45) is 1.16. The van der Waals surface area contributed by atoms with Gasteiger partial charge in [-0.05, 0) is 13.8 Å². The number of nitrogens with zero attached hydrogens (tertiary/aromatic N) is 4. The lowest BCUT2D eigenvalue weighted by Crippen LogP contribution is -2.36. The van der Waals surface area contributed by atoms with E-state index in [0.717, 1.165) is 5.82 Å². The molecule has 7 heteroatoms. The molecule has 2 heterocycles. The number of aliphatic hydroxyl groups excluding tert-OH is 1. The number of aromatic nitrogens is 3. The van der Waals surface area contributed by atoms with Crippen molar-refractivity contribution in [1.29, 1.82) is 0 Å². The van der Waals surface area contributed by atoms with Crippen molar-refractivity contribution in [2.24, 2.45) is 0 Å². The lowest BCUT2D eigenvalue weighted by molar-refractivity contribution is -0.142. The second-order valence-corrected chi connectivity index (χ2v) is 4.89. The molecule has 1 aromatic heterocycles. The average Bonchev–Trinajstić information content (AvgIpc) is 2.85. The van der Waals surface area contributed by atoms with Crippen molar-refractivity contribution in [3.05, 3.63) is 12.2 Å². The highest BCUT2D eigenvalue weighted by Gasteiger charge is 2.36. The van der Waals surface area contributed by atoms with Gasteiger partial charge in [-0.25, -0.2) is 9.67 Å². The van der Waals surface area contributed by atoms with Gasteiger partial charge in [-0.2, -0.15) is 5.10 Å². The van der Waals surface area contributed by atoms with E-state index in [1.807, 2.05) is 13.8 Å². The average molecular weight is 254 g/mol. The van der Waals surface area contributed by atoms with Crippen LogP contribution in [-0.4, -0.2) is 54.5 Å². The summed E-state index contributed by atoms with van der Waals surface area (Å²) in [4.78, 5) is 17.0. The summed E-state index contributed by atoms with van der Waals surface area (Å²) in [6, 6.07) is -0.462. The van der Waals surface area contributed by atoms with Gasteiger partial charge in [0.15, 0.2) is 0 Å². The molecule has 0 saturated carbocycles. The number of likely N-dealkylation sites (tertiary alicyclic amines) is 1. The number of carboxylic acids is 1. The second kappa shape index (κ2) is 5.03. The van der Waals surface area contributed by atoms with Crippen LogP contribution in [0.5, 0.6) is 0 Å². The fourth-order valence-corrected chi connectivity index (χ4v) is 2.31. The van der Waals surface area contributed by atoms with Gasteiger partial charge in [0.2, 0.25) is 0 Å². The van der Waals surface area contributed by atoms with Crippen molar-refractivity contribution in [3.63, 3.8) is 0 Å². The van der Waals surface area contributed by atoms with Gasteiger partial charge in [-0.15, -0.1) is 0 Å². The molecule has 0 aliphatic carbocycles. The molecule has 2 N–H and O–H groups in total. The Balaban J connectivity index is 2.12. The summed E-state index contributed by atoms with van der Waals surface area (Å²) in [7, 11) is 0. The van der Waals surface area contributed by atoms with Gasteiger partial charge in [0.1, 0.15) is 18.2 Å². The first kappa shape index (κ1) is 13.0. The number of aliphatic hydroxyl groups is 1. The van der Waals surface area contributed by atoms with E-state index in [9.17, 15) is 9.90 Å². The van der Waals surface area contributed by atoms with Crippen LogP contribution in [0.15, 0.2) is 6.33 Å². The second-order valence-electron chi connectivity index (χ2n) is 4.89. The number of hydrogen-bond donors (Lipinski definition) is 2. The van der Waals surface area contributed by atoms with Gasteiger partial charge in [0.05, 0.1) is 12.6 Å². The van der Waals surface area contributed by atoms with Crippen LogP contribution in [0.1, 0.15) is 32.1 Å². The lowest BCUT2D eigenvalue weighted by atomic mass is 10.2. The molecule has 7 nitrogen and oxygen atoms in total. The summed E-state index contributed by atoms with van der Waals surface area (Å²) >= 11 is 0. The van der Waals surface area contributed by atoms with Gasteiger partial charge in [-0.1, -0.05) is 0 Å². The Labute approximate surface area is 105 Å². The lowest BCUT2D eigenvalue weighted by Gasteiger charge is -2.21. The van der Waals surface area contributed by atoms with Crippen LogP contribution >= 0.6 is 0 Å². The van der Waals surface area contributed by atoms with Crippen LogP contribution in [0.25, 0.3) is 0 Å². The maximum absolute atomic E-state index is 11.1. The third kappa shape index (κ3) is 2.51. The molecule has 2 atom stereocenters. The molecule has 0 spiro atoms. The highest BCUT2D eigenvalue weighted by atomic mass is 16.4. The number of β-amino-alcohol motifs (C(OH)–C–C–N with tert-alkyl or cyclic N) is 1. The summed E-state index contributed by atoms with van der Waals surface area (Å²) in [5.74, 6) is -0.174. The maximum Gasteiger partial charge on any atom is 0.321 e. The van der Waals surface area contributed by atoms with Crippen LogP contribution in [0, 0.1) is 0 Å². The van der Waals surface area contributed by atoms with Crippen LogP contribution < -0.4 is 0 Å². The molecule has 1 aliphatic rings. The van der Waals surface area contributed by atoms with Gasteiger partial charge in [0.25, 0.3) is 0 Å². The molecule has 1 fully saturated rings. The monoisotopic (exact) mass is 254 g/mol. The Kier molecular flexibility index (Phi) is 3.63. The van der Waals surface area contributed by atoms with E-state index in [0.29, 0.717) is 13.1 Å². The number of carbonyl (C=O) groups is 1. The Morgan fingerprint density at radius 1 is 1.61 bits per heavy atom. The van der Waals surface area contributed by atoms with E-state index in [-0.39, 0.29) is 12.5 Å². The summed E-state index contributed by atoms with van der Waals surface area (Å²) in [5, 5.41) is 22.8. The van der Waals surface area contributed by atoms with E-state index in [1.165, 1.54) is 6.33 Å². The van der Waals surface area contributed by atoms with Crippen molar-refractivity contribution in [2.75, 3.05) is 6.54 Å². The fraction of sp³-hybridized carbons (Fsp3) is 0.727. The topological polar surface area (TPSA) is 91.5 Å². The molecule has 1 saturated heterocycles. The minimum atomic E-state index is -0.901. The van der Waals surface area contributed by atoms with Crippen molar-refractivity contribution in [1.82, 2.24) is 19.7 Å². The fourth-order valence-electron chi connectivity index (χ4n) is 2.31. The van der Waals surface area contributed by atoms with Crippen molar-refractivity contribution >= 4 is 5.97 Å². The van der Waals surface area contributed by atoms with Crippen LogP contribution in [0.4, 0.5) is 0 Å². The Hall–Kier alpha value is -1.47. The first-order chi connectivity index (χ1) is 8.49. The van der Waals surface area contributed by atoms with E-state index in [4.69, 9.17) is 5.11 Å². The molecule has 18 heavy (non-hydrogen) atoms. The SMILES string of the molecule is CC(C)n1ncnc1CN1CC(O)CC1C(=O)O. The summed E-state index contributed by atoms with van der Waals surface area (Å²) in [6.45, 7) is 4.74. The van der Waals surface area contributed by atoms with Gasteiger partial charge in [-0.3, -0.25) is 9.69 Å². The zero-order valence-corrected chi connectivity index (χ0v) is 10.5. The van der Waals surface area contributed by atoms with Crippen LogP contribution in [0.3, 0.4) is 0 Å². The van der Waals surface area contributed by atoms with Crippen molar-refractivity contribution < 1.29 is 15.0 Å². The Bertz CT molecular complexity index is 432. The largest absolute Gasteiger partial charge is 0.480 e. The Morgan fingerprint density at radius 3 is 2.94 bits per heavy atom. The van der Waals surface area contributed by atoms with Crippen LogP contribution in [-0.2, 0) is 11.3 Å². The Morgan fingerprint density at radius 2 is 2.33 bits per heavy atom. The molecular formula is C11H18N4O3. The normalized spacial score (nSPS) is 24.9. The van der Waals surface area contributed by atoms with E-state index in [1.54, 1.807) is 9.58 Å². The third-order valence-electron chi connectivity index (χ3n) is 3.15. The molecule has 0 aromatic carbocycles. The molecule has 1 aliphatic heterocycles. The zero-order chi connectivity index (χ0) is 13.3. The smallest absolute Gasteiger partial charge is 0.321 e. The first-order valence-electron chi connectivity index (χ1n) is 6.02. The maximum atomic E-state index is 11.1. The summed E-state index contributed by atoms with van der Waals surface area (Å²) < 4.78 is 1.77. The van der Waals surface area contributed by atoms with Gasteiger partial charge in [0, 0.05) is 19.0 Å². The molecular weight excluding hydrogens is 236 g/mol.